The molecule has 0 bridgehead atoms. The summed E-state index contributed by atoms with van der Waals surface area (Å²) in [5, 5.41) is 6.50. The number of aromatic nitrogens is 1. The maximum absolute atomic E-state index is 13.6. The molecule has 0 saturated heterocycles. The van der Waals surface area contributed by atoms with Crippen LogP contribution in [0.2, 0.25) is 0 Å². The summed E-state index contributed by atoms with van der Waals surface area (Å²) in [4.78, 5) is 31.0. The third-order valence-corrected chi connectivity index (χ3v) is 7.44. The Hall–Kier alpha value is -3.42. The third-order valence-electron chi connectivity index (χ3n) is 5.64. The highest BCUT2D eigenvalue weighted by Gasteiger charge is 2.34. The number of thiophene rings is 1. The van der Waals surface area contributed by atoms with Crippen LogP contribution in [0.25, 0.3) is 10.8 Å². The summed E-state index contributed by atoms with van der Waals surface area (Å²) in [6.07, 6.45) is 3.31. The van der Waals surface area contributed by atoms with E-state index in [4.69, 9.17) is 13.9 Å². The zero-order valence-electron chi connectivity index (χ0n) is 22.9. The lowest BCUT2D eigenvalue weighted by Gasteiger charge is -2.25. The lowest BCUT2D eigenvalue weighted by Crippen LogP contribution is -2.55. The number of benzene rings is 1. The smallest absolute Gasteiger partial charge is 0.258 e. The summed E-state index contributed by atoms with van der Waals surface area (Å²) in [7, 11) is -2.22. The molecule has 3 rings (SSSR count). The third kappa shape index (κ3) is 7.58. The average Bonchev–Trinajstić information content (AvgIpc) is 3.48. The summed E-state index contributed by atoms with van der Waals surface area (Å²) < 4.78 is 42.3. The van der Waals surface area contributed by atoms with Gasteiger partial charge in [0.05, 0.1) is 36.1 Å². The van der Waals surface area contributed by atoms with Crippen LogP contribution in [-0.4, -0.2) is 56.8 Å². The molecule has 39 heavy (non-hydrogen) atoms. The highest BCUT2D eigenvalue weighted by atomic mass is 32.2. The van der Waals surface area contributed by atoms with Gasteiger partial charge in [0, 0.05) is 12.1 Å². The Morgan fingerprint density at radius 2 is 1.90 bits per heavy atom. The number of carbonyl (C=O) groups excluding carboxylic acids is 2. The van der Waals surface area contributed by atoms with Crippen molar-refractivity contribution in [3.8, 4) is 16.5 Å². The van der Waals surface area contributed by atoms with Crippen LogP contribution in [0.15, 0.2) is 41.1 Å². The number of hydrogen-bond acceptors (Lipinski definition) is 10. The van der Waals surface area contributed by atoms with Gasteiger partial charge in [-0.15, -0.1) is 11.3 Å². The van der Waals surface area contributed by atoms with Gasteiger partial charge in [-0.3, -0.25) is 14.3 Å². The van der Waals surface area contributed by atoms with Crippen LogP contribution in [0.5, 0.6) is 5.75 Å². The normalized spacial score (nSPS) is 12.7. The molecule has 2 aromatic heterocycles. The van der Waals surface area contributed by atoms with Crippen molar-refractivity contribution in [1.29, 1.82) is 0 Å². The van der Waals surface area contributed by atoms with Crippen LogP contribution >= 0.6 is 11.3 Å². The molecule has 11 nitrogen and oxygen atoms in total. The van der Waals surface area contributed by atoms with Crippen molar-refractivity contribution in [3.63, 3.8) is 0 Å². The Kier molecular flexibility index (Phi) is 9.41. The number of nitrogens with zero attached hydrogens (tertiary/aromatic N) is 1. The summed E-state index contributed by atoms with van der Waals surface area (Å²) in [6.45, 7) is 8.75. The first-order valence-electron chi connectivity index (χ1n) is 12.1. The average molecular weight is 579 g/mol. The van der Waals surface area contributed by atoms with Crippen LogP contribution in [-0.2, 0) is 19.6 Å². The molecule has 0 fully saturated rings. The molecule has 0 spiro atoms. The fourth-order valence-corrected chi connectivity index (χ4v) is 5.57. The molecule has 2 amide bonds. The lowest BCUT2D eigenvalue weighted by molar-refractivity contribution is -0.124. The number of carbonyl (C=O) groups is 2. The minimum absolute atomic E-state index is 0.0911. The second-order valence-corrected chi connectivity index (χ2v) is 12.4. The molecule has 0 saturated carbocycles. The zero-order chi connectivity index (χ0) is 29.0. The summed E-state index contributed by atoms with van der Waals surface area (Å²) in [5.74, 6) is -0.427. The molecular formula is C26H34N4O7S2. The number of ether oxygens (including phenoxy) is 2. The second kappa shape index (κ2) is 12.2. The number of methoxy groups -OCH3 is 1. The Morgan fingerprint density at radius 1 is 1.21 bits per heavy atom. The van der Waals surface area contributed by atoms with Gasteiger partial charge in [-0.2, -0.15) is 0 Å². The van der Waals surface area contributed by atoms with E-state index >= 15 is 0 Å². The van der Waals surface area contributed by atoms with E-state index in [0.717, 1.165) is 11.8 Å². The van der Waals surface area contributed by atoms with Gasteiger partial charge < -0.3 is 24.5 Å². The maximum Gasteiger partial charge on any atom is 0.258 e. The van der Waals surface area contributed by atoms with Gasteiger partial charge in [0.25, 0.3) is 11.8 Å². The number of sulfonamides is 1. The number of oxazole rings is 1. The molecule has 0 aliphatic rings. The van der Waals surface area contributed by atoms with Crippen molar-refractivity contribution in [2.45, 2.75) is 52.4 Å². The number of para-hydroxylation sites is 1. The van der Waals surface area contributed by atoms with Gasteiger partial charge in [-0.05, 0) is 46.2 Å². The van der Waals surface area contributed by atoms with Crippen LogP contribution in [0.4, 0.5) is 5.00 Å². The molecule has 0 radical (unpaired) electrons. The van der Waals surface area contributed by atoms with Crippen molar-refractivity contribution >= 4 is 38.2 Å². The Bertz CT molecular complexity index is 1410. The van der Waals surface area contributed by atoms with E-state index < -0.39 is 33.5 Å². The highest BCUT2D eigenvalue weighted by Crippen LogP contribution is 2.40. The molecule has 3 aromatic rings. The molecular weight excluding hydrogens is 544 g/mol. The largest absolute Gasteiger partial charge is 0.496 e. The fraction of sp³-hybridized carbons (Fsp3) is 0.423. The lowest BCUT2D eigenvalue weighted by atomic mass is 10.0. The van der Waals surface area contributed by atoms with Crippen molar-refractivity contribution in [3.05, 3.63) is 53.4 Å². The first-order valence-corrected chi connectivity index (χ1v) is 14.8. The van der Waals surface area contributed by atoms with E-state index in [1.807, 2.05) is 42.8 Å². The topological polar surface area (TPSA) is 149 Å². The predicted molar refractivity (Wildman–Crippen MR) is 150 cm³/mol. The van der Waals surface area contributed by atoms with Gasteiger partial charge in [-0.1, -0.05) is 18.2 Å². The van der Waals surface area contributed by atoms with Crippen LogP contribution in [0, 0.1) is 6.92 Å². The highest BCUT2D eigenvalue weighted by molar-refractivity contribution is 7.89. The van der Waals surface area contributed by atoms with Crippen LogP contribution < -0.4 is 20.1 Å². The first kappa shape index (κ1) is 30.1. The van der Waals surface area contributed by atoms with E-state index in [2.05, 4.69) is 15.6 Å². The quantitative estimate of drug-likeness (QED) is 0.291. The predicted octanol–water partition coefficient (Wildman–Crippen LogP) is 3.88. The summed E-state index contributed by atoms with van der Waals surface area (Å²) in [6, 6.07) is 7.54. The molecule has 0 unspecified atom stereocenters. The maximum atomic E-state index is 13.6. The monoisotopic (exact) mass is 578 g/mol. The Balaban J connectivity index is 1.97. The van der Waals surface area contributed by atoms with Gasteiger partial charge in [0.1, 0.15) is 28.7 Å². The Labute approximate surface area is 232 Å². The van der Waals surface area contributed by atoms with Gasteiger partial charge >= 0.3 is 0 Å². The number of amides is 2. The van der Waals surface area contributed by atoms with E-state index in [0.29, 0.717) is 33.6 Å². The Morgan fingerprint density at radius 3 is 2.49 bits per heavy atom. The zero-order valence-corrected chi connectivity index (χ0v) is 24.6. The van der Waals surface area contributed by atoms with E-state index in [1.165, 1.54) is 37.6 Å². The van der Waals surface area contributed by atoms with E-state index in [-0.39, 0.29) is 11.7 Å². The number of rotatable bonds is 12. The summed E-state index contributed by atoms with van der Waals surface area (Å²) >= 11 is 1.27. The van der Waals surface area contributed by atoms with Crippen molar-refractivity contribution in [1.82, 2.24) is 15.0 Å². The first-order chi connectivity index (χ1) is 18.2. The van der Waals surface area contributed by atoms with Gasteiger partial charge in [-0.25, -0.2) is 13.4 Å². The molecule has 2 heterocycles. The molecule has 3 N–H and O–H groups in total. The molecule has 13 heteroatoms. The van der Waals surface area contributed by atoms with Crippen molar-refractivity contribution < 1.29 is 31.9 Å². The molecule has 1 aromatic carbocycles. The van der Waals surface area contributed by atoms with Crippen LogP contribution in [0.3, 0.4) is 0 Å². The van der Waals surface area contributed by atoms with Gasteiger partial charge in [0.2, 0.25) is 15.9 Å². The standard InChI is InChI=1S/C26H34N4O7S2/c1-15(2)37-19(17-10-8-9-11-18(17)35-6)14-28-24-20(16(3)21(38-24)23-27-12-13-36-23)22(31)29-26(4,5)25(32)30-39(7,33)34/h8-13,15,19,28H,14H2,1-7H3,(H,29,31)(H,30,32)/t19-/m0/s1. The summed E-state index contributed by atoms with van der Waals surface area (Å²) in [5.41, 5.74) is 0.166. The fourth-order valence-electron chi connectivity index (χ4n) is 3.83. The molecule has 1 atom stereocenters. The van der Waals surface area contributed by atoms with Gasteiger partial charge in [0.15, 0.2) is 0 Å². The van der Waals surface area contributed by atoms with Crippen LogP contribution in [0.1, 0.15) is 55.3 Å². The number of hydrogen-bond donors (Lipinski definition) is 3. The molecule has 0 aliphatic heterocycles. The SMILES string of the molecule is COc1ccccc1[C@H](CNc1sc(-c2ncco2)c(C)c1C(=O)NC(C)(C)C(=O)NS(C)(=O)=O)OC(C)C. The number of anilines is 1. The number of nitrogens with one attached hydrogen (secondary N) is 3. The van der Waals surface area contributed by atoms with Crippen molar-refractivity contribution in [2.24, 2.45) is 0 Å². The van der Waals surface area contributed by atoms with E-state index in [9.17, 15) is 18.0 Å². The minimum atomic E-state index is -3.82. The van der Waals surface area contributed by atoms with Crippen molar-refractivity contribution in [2.75, 3.05) is 25.2 Å². The second-order valence-electron chi connectivity index (χ2n) is 9.68. The molecule has 212 valence electrons. The molecule has 0 aliphatic carbocycles. The van der Waals surface area contributed by atoms with E-state index in [1.54, 1.807) is 14.0 Å². The minimum Gasteiger partial charge on any atom is -0.496 e.